The summed E-state index contributed by atoms with van der Waals surface area (Å²) in [6.07, 6.45) is -0.211. The van der Waals surface area contributed by atoms with Crippen molar-refractivity contribution in [3.8, 4) is 17.6 Å². The number of aliphatic hydroxyl groups excluding tert-OH is 1. The SMILES string of the molecule is C=CCNC(=O)[C@H]1[C@@H]2C(=O)O[C@@H](c3ccccc3)[C@@H](c3ccccc3)N2[C@@H](c2ccc(O)cc2)[C@]12C(=O)N(C(=O)OCCOC)c1ccc(C#CCCO)cc12. The Labute approximate surface area is 324 Å². The van der Waals surface area contributed by atoms with Crippen LogP contribution in [0.4, 0.5) is 10.5 Å². The number of morpholine rings is 1. The van der Waals surface area contributed by atoms with Crippen molar-refractivity contribution in [3.05, 3.63) is 144 Å². The Kier molecular flexibility index (Phi) is 11.0. The van der Waals surface area contributed by atoms with E-state index in [1.807, 2.05) is 65.6 Å². The zero-order chi connectivity index (χ0) is 39.4. The molecule has 0 aromatic heterocycles. The normalized spacial score (nSPS) is 23.8. The van der Waals surface area contributed by atoms with Gasteiger partial charge in [-0.25, -0.2) is 9.69 Å². The molecule has 286 valence electrons. The van der Waals surface area contributed by atoms with Crippen LogP contribution in [0.15, 0.2) is 116 Å². The van der Waals surface area contributed by atoms with E-state index in [4.69, 9.17) is 14.2 Å². The molecule has 4 aromatic carbocycles. The number of hydrogen-bond donors (Lipinski definition) is 3. The highest BCUT2D eigenvalue weighted by atomic mass is 16.6. The molecule has 0 saturated carbocycles. The van der Waals surface area contributed by atoms with E-state index in [1.54, 1.807) is 30.3 Å². The van der Waals surface area contributed by atoms with Crippen molar-refractivity contribution in [1.29, 1.82) is 0 Å². The summed E-state index contributed by atoms with van der Waals surface area (Å²) >= 11 is 0. The molecule has 0 radical (unpaired) electrons. The summed E-state index contributed by atoms with van der Waals surface area (Å²) in [5.74, 6) is 2.25. The largest absolute Gasteiger partial charge is 0.508 e. The molecule has 7 rings (SSSR count). The number of imide groups is 1. The number of carbonyl (C=O) groups is 4. The molecule has 2 fully saturated rings. The van der Waals surface area contributed by atoms with Gasteiger partial charge in [0.25, 0.3) is 0 Å². The molecule has 12 heteroatoms. The smallest absolute Gasteiger partial charge is 0.421 e. The summed E-state index contributed by atoms with van der Waals surface area (Å²) in [6.45, 7) is 3.51. The van der Waals surface area contributed by atoms with Crippen LogP contribution in [-0.2, 0) is 34.0 Å². The summed E-state index contributed by atoms with van der Waals surface area (Å²) in [5.41, 5.74) is 0.796. The van der Waals surface area contributed by atoms with Crippen molar-refractivity contribution in [2.45, 2.75) is 36.1 Å². The zero-order valence-electron chi connectivity index (χ0n) is 30.7. The van der Waals surface area contributed by atoms with E-state index in [1.165, 1.54) is 25.3 Å². The maximum Gasteiger partial charge on any atom is 0.421 e. The number of amides is 3. The van der Waals surface area contributed by atoms with Crippen molar-refractivity contribution in [2.75, 3.05) is 38.4 Å². The number of phenolic OH excluding ortho intramolecular Hbond substituents is 1. The number of fused-ring (bicyclic) bond motifs is 3. The van der Waals surface area contributed by atoms with Gasteiger partial charge in [0.05, 0.1) is 36.9 Å². The number of benzene rings is 4. The van der Waals surface area contributed by atoms with Gasteiger partial charge in [0.2, 0.25) is 11.8 Å². The van der Waals surface area contributed by atoms with Crippen molar-refractivity contribution in [1.82, 2.24) is 10.2 Å². The fourth-order valence-corrected chi connectivity index (χ4v) is 8.40. The molecular weight excluding hydrogens is 714 g/mol. The van der Waals surface area contributed by atoms with Gasteiger partial charge < -0.3 is 29.7 Å². The lowest BCUT2D eigenvalue weighted by atomic mass is 9.65. The quantitative estimate of drug-likeness (QED) is 0.0884. The number of anilines is 1. The van der Waals surface area contributed by atoms with E-state index < -0.39 is 59.4 Å². The third-order valence-electron chi connectivity index (χ3n) is 10.5. The van der Waals surface area contributed by atoms with Crippen LogP contribution in [0.25, 0.3) is 0 Å². The average Bonchev–Trinajstić information content (AvgIpc) is 3.67. The van der Waals surface area contributed by atoms with Gasteiger partial charge in [0, 0.05) is 25.6 Å². The number of aliphatic hydroxyl groups is 1. The van der Waals surface area contributed by atoms with Crippen LogP contribution < -0.4 is 10.2 Å². The lowest BCUT2D eigenvalue weighted by Crippen LogP contribution is -2.55. The average molecular weight is 756 g/mol. The predicted octanol–water partition coefficient (Wildman–Crippen LogP) is 4.88. The molecule has 3 aliphatic heterocycles. The molecular formula is C44H41N3O9. The Bertz CT molecular complexity index is 2180. The molecule has 1 spiro atoms. The van der Waals surface area contributed by atoms with Crippen LogP contribution in [0.3, 0.4) is 0 Å². The number of methoxy groups -OCH3 is 1. The van der Waals surface area contributed by atoms with Crippen molar-refractivity contribution < 1.29 is 43.6 Å². The molecule has 0 bridgehead atoms. The first-order chi connectivity index (χ1) is 27.3. The Morgan fingerprint density at radius 1 is 0.929 bits per heavy atom. The third-order valence-corrected chi connectivity index (χ3v) is 10.5. The van der Waals surface area contributed by atoms with E-state index in [2.05, 4.69) is 23.7 Å². The summed E-state index contributed by atoms with van der Waals surface area (Å²) in [4.78, 5) is 62.5. The van der Waals surface area contributed by atoms with Crippen molar-refractivity contribution >= 4 is 29.6 Å². The molecule has 6 atom stereocenters. The van der Waals surface area contributed by atoms with Crippen LogP contribution in [0.5, 0.6) is 5.75 Å². The van der Waals surface area contributed by atoms with Crippen LogP contribution in [0.1, 0.15) is 52.4 Å². The summed E-state index contributed by atoms with van der Waals surface area (Å²) in [5, 5.41) is 22.8. The fourth-order valence-electron chi connectivity index (χ4n) is 8.40. The van der Waals surface area contributed by atoms with Gasteiger partial charge in [0.1, 0.15) is 29.9 Å². The molecule has 3 amide bonds. The van der Waals surface area contributed by atoms with E-state index in [0.717, 1.165) is 10.5 Å². The second-order valence-corrected chi connectivity index (χ2v) is 13.6. The molecule has 3 heterocycles. The van der Waals surface area contributed by atoms with E-state index in [0.29, 0.717) is 16.7 Å². The number of ether oxygens (including phenoxy) is 3. The lowest BCUT2D eigenvalue weighted by molar-refractivity contribution is -0.178. The van der Waals surface area contributed by atoms with Crippen LogP contribution in [0.2, 0.25) is 0 Å². The minimum atomic E-state index is -1.99. The lowest BCUT2D eigenvalue weighted by Gasteiger charge is -2.46. The summed E-state index contributed by atoms with van der Waals surface area (Å²) in [7, 11) is 1.45. The highest BCUT2D eigenvalue weighted by Crippen LogP contribution is 2.66. The molecule has 2 saturated heterocycles. The van der Waals surface area contributed by atoms with Crippen molar-refractivity contribution in [3.63, 3.8) is 0 Å². The molecule has 56 heavy (non-hydrogen) atoms. The molecule has 3 aliphatic rings. The topological polar surface area (TPSA) is 155 Å². The maximum absolute atomic E-state index is 15.8. The molecule has 12 nitrogen and oxygen atoms in total. The standard InChI is InChI=1S/C44H41N3O9/c1-3-23-45-40(50)35-37-41(51)56-38(30-15-8-5-9-16-30)36(29-13-6-4-7-14-29)47(37)39(31-18-20-32(49)21-19-31)44(35)33-27-28(12-10-11-24-48)17-22-34(33)46(42(44)52)43(53)55-26-25-54-2/h3-9,13-22,27,35-39,48-49H,1,11,23-26H2,2H3,(H,45,50)/t35-,36-,37-,38+,39+,44-/m1/s1. The first-order valence-corrected chi connectivity index (χ1v) is 18.3. The first kappa shape index (κ1) is 38.0. The fraction of sp³-hybridized carbons (Fsp3) is 0.273. The number of aromatic hydroxyl groups is 1. The van der Waals surface area contributed by atoms with Gasteiger partial charge in [-0.1, -0.05) is 90.7 Å². The Hall–Kier alpha value is -6.26. The second-order valence-electron chi connectivity index (χ2n) is 13.6. The van der Waals surface area contributed by atoms with Crippen molar-refractivity contribution in [2.24, 2.45) is 5.92 Å². The minimum Gasteiger partial charge on any atom is -0.508 e. The van der Waals surface area contributed by atoms with Gasteiger partial charge in [-0.3, -0.25) is 19.3 Å². The second kappa shape index (κ2) is 16.2. The minimum absolute atomic E-state index is 0.0162. The number of phenols is 1. The monoisotopic (exact) mass is 755 g/mol. The number of cyclic esters (lactones) is 1. The number of nitrogens with one attached hydrogen (secondary N) is 1. The van der Waals surface area contributed by atoms with Gasteiger partial charge in [-0.2, -0.15) is 0 Å². The van der Waals surface area contributed by atoms with Gasteiger partial charge in [0.15, 0.2) is 0 Å². The van der Waals surface area contributed by atoms with E-state index in [9.17, 15) is 24.6 Å². The number of rotatable bonds is 10. The summed E-state index contributed by atoms with van der Waals surface area (Å²) < 4.78 is 17.1. The molecule has 0 unspecified atom stereocenters. The van der Waals surface area contributed by atoms with Crippen LogP contribution >= 0.6 is 0 Å². The molecule has 4 aromatic rings. The number of esters is 1. The molecule has 3 N–H and O–H groups in total. The Morgan fingerprint density at radius 2 is 1.62 bits per heavy atom. The van der Waals surface area contributed by atoms with Crippen LogP contribution in [0, 0.1) is 17.8 Å². The molecule has 0 aliphatic carbocycles. The van der Waals surface area contributed by atoms with Crippen LogP contribution in [-0.4, -0.2) is 78.5 Å². The highest BCUT2D eigenvalue weighted by Gasteiger charge is 2.75. The number of carbonyl (C=O) groups excluding carboxylic acids is 4. The van der Waals surface area contributed by atoms with E-state index in [-0.39, 0.29) is 49.8 Å². The van der Waals surface area contributed by atoms with E-state index >= 15 is 4.79 Å². The maximum atomic E-state index is 15.8. The third kappa shape index (κ3) is 6.49. The number of hydrogen-bond acceptors (Lipinski definition) is 10. The summed E-state index contributed by atoms with van der Waals surface area (Å²) in [6, 6.07) is 26.5. The zero-order valence-corrected chi connectivity index (χ0v) is 30.7. The highest BCUT2D eigenvalue weighted by molar-refractivity contribution is 6.23. The van der Waals surface area contributed by atoms with Gasteiger partial charge in [-0.05, 0) is 52.6 Å². The Balaban J connectivity index is 1.58. The predicted molar refractivity (Wildman–Crippen MR) is 205 cm³/mol. The van der Waals surface area contributed by atoms with Gasteiger partial charge >= 0.3 is 12.1 Å². The number of nitrogens with zero attached hydrogens (tertiary/aromatic N) is 2. The van der Waals surface area contributed by atoms with Gasteiger partial charge in [-0.15, -0.1) is 6.58 Å². The Morgan fingerprint density at radius 3 is 2.29 bits per heavy atom. The first-order valence-electron chi connectivity index (χ1n) is 18.3.